The Morgan fingerprint density at radius 2 is 1.90 bits per heavy atom. The number of hydrogen-bond acceptors (Lipinski definition) is 3. The lowest BCUT2D eigenvalue weighted by Crippen LogP contribution is -2.37. The number of nitrogens with one attached hydrogen (secondary N) is 2. The van der Waals surface area contributed by atoms with E-state index in [0.29, 0.717) is 13.1 Å². The molecule has 0 unspecified atom stereocenters. The zero-order valence-electron chi connectivity index (χ0n) is 11.4. The van der Waals surface area contributed by atoms with E-state index in [-0.39, 0.29) is 5.91 Å². The minimum absolute atomic E-state index is 0.105. The number of likely N-dealkylation sites (tertiary alicyclic amines) is 1. The Hall–Kier alpha value is -1.10. The van der Waals surface area contributed by atoms with Crippen LogP contribution >= 0.6 is 11.6 Å². The highest BCUT2D eigenvalue weighted by Gasteiger charge is 2.36. The van der Waals surface area contributed by atoms with Gasteiger partial charge in [0.1, 0.15) is 0 Å². The van der Waals surface area contributed by atoms with E-state index in [4.69, 9.17) is 11.6 Å². The Kier molecular flexibility index (Phi) is 4.24. The number of carbonyl (C=O) groups excluding carboxylic acids is 1. The van der Waals surface area contributed by atoms with Crippen LogP contribution in [-0.2, 0) is 11.3 Å². The maximum atomic E-state index is 12.0. The van der Waals surface area contributed by atoms with Crippen molar-refractivity contribution in [2.75, 3.05) is 32.7 Å². The molecule has 2 fully saturated rings. The molecular weight excluding hydrogens is 274 g/mol. The summed E-state index contributed by atoms with van der Waals surface area (Å²) in [6.07, 6.45) is 0. The summed E-state index contributed by atoms with van der Waals surface area (Å²) in [5, 5.41) is 7.10. The van der Waals surface area contributed by atoms with E-state index >= 15 is 0 Å². The predicted octanol–water partition coefficient (Wildman–Crippen LogP) is 1.11. The van der Waals surface area contributed by atoms with E-state index in [9.17, 15) is 4.79 Å². The van der Waals surface area contributed by atoms with Crippen molar-refractivity contribution in [2.24, 2.45) is 11.8 Å². The monoisotopic (exact) mass is 293 g/mol. The normalized spacial score (nSPS) is 25.6. The number of rotatable bonds is 4. The van der Waals surface area contributed by atoms with Gasteiger partial charge in [-0.2, -0.15) is 0 Å². The molecule has 2 aliphatic heterocycles. The minimum Gasteiger partial charge on any atom is -0.351 e. The van der Waals surface area contributed by atoms with Crippen molar-refractivity contribution in [1.82, 2.24) is 15.5 Å². The average molecular weight is 294 g/mol. The lowest BCUT2D eigenvalue weighted by molar-refractivity contribution is -0.122. The van der Waals surface area contributed by atoms with Gasteiger partial charge in [-0.3, -0.25) is 9.69 Å². The van der Waals surface area contributed by atoms with Crippen LogP contribution in [0.2, 0.25) is 5.02 Å². The molecule has 2 aliphatic rings. The summed E-state index contributed by atoms with van der Waals surface area (Å²) in [7, 11) is 0. The zero-order chi connectivity index (χ0) is 13.9. The van der Waals surface area contributed by atoms with Crippen molar-refractivity contribution in [3.8, 4) is 0 Å². The van der Waals surface area contributed by atoms with Crippen molar-refractivity contribution < 1.29 is 4.79 Å². The molecule has 0 radical (unpaired) electrons. The Morgan fingerprint density at radius 3 is 2.55 bits per heavy atom. The highest BCUT2D eigenvalue weighted by molar-refractivity contribution is 6.30. The predicted molar refractivity (Wildman–Crippen MR) is 79.6 cm³/mol. The van der Waals surface area contributed by atoms with Crippen molar-refractivity contribution in [1.29, 1.82) is 0 Å². The Morgan fingerprint density at radius 1 is 1.25 bits per heavy atom. The highest BCUT2D eigenvalue weighted by atomic mass is 35.5. The Labute approximate surface area is 124 Å². The first-order chi connectivity index (χ1) is 9.70. The molecule has 0 aliphatic carbocycles. The standard InChI is InChI=1S/C15H20ClN3O/c16-14-3-1-11(2-4-14)5-18-15(20)10-19-8-12-6-17-7-13(12)9-19/h1-4,12-13,17H,5-10H2,(H,18,20)/t12-,13+. The lowest BCUT2D eigenvalue weighted by Gasteiger charge is -2.16. The molecule has 2 saturated heterocycles. The van der Waals surface area contributed by atoms with Gasteiger partial charge in [0, 0.05) is 24.7 Å². The fraction of sp³-hybridized carbons (Fsp3) is 0.533. The summed E-state index contributed by atoms with van der Waals surface area (Å²) in [4.78, 5) is 14.2. The summed E-state index contributed by atoms with van der Waals surface area (Å²) < 4.78 is 0. The minimum atomic E-state index is 0.105. The summed E-state index contributed by atoms with van der Waals surface area (Å²) in [5.74, 6) is 1.58. The van der Waals surface area contributed by atoms with E-state index in [0.717, 1.165) is 48.6 Å². The summed E-state index contributed by atoms with van der Waals surface area (Å²) >= 11 is 5.84. The van der Waals surface area contributed by atoms with Crippen LogP contribution in [-0.4, -0.2) is 43.5 Å². The van der Waals surface area contributed by atoms with Gasteiger partial charge >= 0.3 is 0 Å². The first-order valence-electron chi connectivity index (χ1n) is 7.15. The summed E-state index contributed by atoms with van der Waals surface area (Å²) in [5.41, 5.74) is 1.07. The van der Waals surface area contributed by atoms with E-state index in [1.807, 2.05) is 24.3 Å². The van der Waals surface area contributed by atoms with Crippen molar-refractivity contribution in [3.05, 3.63) is 34.9 Å². The topological polar surface area (TPSA) is 44.4 Å². The van der Waals surface area contributed by atoms with Gasteiger partial charge in [0.05, 0.1) is 6.54 Å². The Balaban J connectivity index is 1.42. The number of halogens is 1. The van der Waals surface area contributed by atoms with Crippen molar-refractivity contribution >= 4 is 17.5 Å². The molecule has 108 valence electrons. The zero-order valence-corrected chi connectivity index (χ0v) is 12.2. The van der Waals surface area contributed by atoms with Gasteiger partial charge in [-0.1, -0.05) is 23.7 Å². The molecule has 0 aromatic heterocycles. The van der Waals surface area contributed by atoms with E-state index < -0.39 is 0 Å². The Bertz CT molecular complexity index is 465. The first kappa shape index (κ1) is 13.9. The van der Waals surface area contributed by atoms with E-state index in [1.54, 1.807) is 0 Å². The van der Waals surface area contributed by atoms with Crippen LogP contribution in [0.3, 0.4) is 0 Å². The molecule has 20 heavy (non-hydrogen) atoms. The third-order valence-corrected chi connectivity index (χ3v) is 4.49. The van der Waals surface area contributed by atoms with Crippen LogP contribution in [0.25, 0.3) is 0 Å². The molecule has 0 saturated carbocycles. The van der Waals surface area contributed by atoms with Crippen molar-refractivity contribution in [2.45, 2.75) is 6.54 Å². The number of amides is 1. The molecule has 0 bridgehead atoms. The average Bonchev–Trinajstić information content (AvgIpc) is 2.99. The van der Waals surface area contributed by atoms with Crippen LogP contribution in [0.1, 0.15) is 5.56 Å². The van der Waals surface area contributed by atoms with Crippen molar-refractivity contribution in [3.63, 3.8) is 0 Å². The van der Waals surface area contributed by atoms with Crippen LogP contribution in [0.4, 0.5) is 0 Å². The third-order valence-electron chi connectivity index (χ3n) is 4.24. The SMILES string of the molecule is O=C(CN1C[C@H]2CNC[C@H]2C1)NCc1ccc(Cl)cc1. The number of nitrogens with zero attached hydrogens (tertiary/aromatic N) is 1. The third kappa shape index (κ3) is 3.32. The molecule has 1 aromatic carbocycles. The van der Waals surface area contributed by atoms with Gasteiger partial charge in [-0.25, -0.2) is 0 Å². The molecule has 2 atom stereocenters. The van der Waals surface area contributed by atoms with Crippen LogP contribution in [0.15, 0.2) is 24.3 Å². The first-order valence-corrected chi connectivity index (χ1v) is 7.53. The number of carbonyl (C=O) groups is 1. The summed E-state index contributed by atoms with van der Waals surface area (Å²) in [6.45, 7) is 5.39. The van der Waals surface area contributed by atoms with Crippen LogP contribution in [0.5, 0.6) is 0 Å². The smallest absolute Gasteiger partial charge is 0.234 e. The molecule has 2 N–H and O–H groups in total. The highest BCUT2D eigenvalue weighted by Crippen LogP contribution is 2.25. The van der Waals surface area contributed by atoms with Gasteiger partial charge in [-0.05, 0) is 42.6 Å². The second-order valence-corrected chi connectivity index (χ2v) is 6.21. The molecule has 3 rings (SSSR count). The number of benzene rings is 1. The molecule has 0 spiro atoms. The van der Waals surface area contributed by atoms with Gasteiger partial charge in [0.15, 0.2) is 0 Å². The maximum absolute atomic E-state index is 12.0. The quantitative estimate of drug-likeness (QED) is 0.874. The molecule has 4 nitrogen and oxygen atoms in total. The fourth-order valence-electron chi connectivity index (χ4n) is 3.14. The lowest BCUT2D eigenvalue weighted by atomic mass is 10.0. The van der Waals surface area contributed by atoms with Gasteiger partial charge in [-0.15, -0.1) is 0 Å². The molecule has 5 heteroatoms. The van der Waals surface area contributed by atoms with E-state index in [2.05, 4.69) is 15.5 Å². The fourth-order valence-corrected chi connectivity index (χ4v) is 3.27. The second-order valence-electron chi connectivity index (χ2n) is 5.78. The van der Waals surface area contributed by atoms with Crippen LogP contribution < -0.4 is 10.6 Å². The largest absolute Gasteiger partial charge is 0.351 e. The summed E-state index contributed by atoms with van der Waals surface area (Å²) in [6, 6.07) is 7.57. The molecule has 2 heterocycles. The van der Waals surface area contributed by atoms with Gasteiger partial charge in [0.25, 0.3) is 0 Å². The molecule has 1 amide bonds. The maximum Gasteiger partial charge on any atom is 0.234 e. The van der Waals surface area contributed by atoms with Gasteiger partial charge in [0.2, 0.25) is 5.91 Å². The van der Waals surface area contributed by atoms with E-state index in [1.165, 1.54) is 0 Å². The molecular formula is C15H20ClN3O. The van der Waals surface area contributed by atoms with Crippen LogP contribution in [0, 0.1) is 11.8 Å². The second kappa shape index (κ2) is 6.12. The molecule has 1 aromatic rings. The number of fused-ring (bicyclic) bond motifs is 1. The van der Waals surface area contributed by atoms with Gasteiger partial charge < -0.3 is 10.6 Å². The number of hydrogen-bond donors (Lipinski definition) is 2.